The van der Waals surface area contributed by atoms with Crippen LogP contribution in [0, 0.1) is 6.92 Å². The van der Waals surface area contributed by atoms with Crippen LogP contribution in [0.3, 0.4) is 0 Å². The van der Waals surface area contributed by atoms with Crippen LogP contribution >= 0.6 is 12.2 Å². The van der Waals surface area contributed by atoms with Crippen molar-refractivity contribution in [2.75, 3.05) is 23.0 Å². The lowest BCUT2D eigenvalue weighted by molar-refractivity contribution is 0.0601. The summed E-state index contributed by atoms with van der Waals surface area (Å²) in [4.78, 5) is 18.9. The van der Waals surface area contributed by atoms with Crippen molar-refractivity contribution in [1.82, 2.24) is 10.3 Å². The van der Waals surface area contributed by atoms with E-state index < -0.39 is 22.0 Å². The van der Waals surface area contributed by atoms with Gasteiger partial charge < -0.3 is 19.4 Å². The van der Waals surface area contributed by atoms with Crippen LogP contribution in [-0.4, -0.2) is 37.8 Å². The lowest BCUT2D eigenvalue weighted by Gasteiger charge is -2.27. The molecule has 1 fully saturated rings. The summed E-state index contributed by atoms with van der Waals surface area (Å²) in [5, 5.41) is 3.84. The molecular weight excluding hydrogens is 536 g/mol. The van der Waals surface area contributed by atoms with E-state index in [9.17, 15) is 13.2 Å². The first-order chi connectivity index (χ1) is 18.7. The molecule has 1 aliphatic rings. The predicted octanol–water partition coefficient (Wildman–Crippen LogP) is 4.99. The molecular formula is C28H26N4O5S2. The molecule has 200 valence electrons. The van der Waals surface area contributed by atoms with E-state index in [0.717, 1.165) is 23.2 Å². The molecule has 0 radical (unpaired) electrons. The van der Waals surface area contributed by atoms with E-state index >= 15 is 0 Å². The highest BCUT2D eigenvalue weighted by Gasteiger charge is 2.42. The molecule has 39 heavy (non-hydrogen) atoms. The number of nitrogens with zero attached hydrogens (tertiary/aromatic N) is 2. The standard InChI is InChI=1S/C28H26N4O5S2/c1-17-16-18(11-12-21(17)31-39(3,34)35)32-26(25(30-28(32)38)22-10-6-7-15-29-22)24-14-13-23(37-24)19-8-4-5-9-20(19)27(33)36-2/h4-16,25-26,31H,1-3H3,(H,30,38)/t25-,26-/m1/s1. The number of thiocarbonyl (C=S) groups is 1. The Kier molecular flexibility index (Phi) is 7.11. The SMILES string of the molecule is COC(=O)c1ccccc1-c1ccc([C@@H]2[C@@H](c3ccccn3)NC(=S)N2c2ccc(NS(C)(=O)=O)c(C)c2)o1. The number of aryl methyl sites for hydroxylation is 1. The minimum atomic E-state index is -3.43. The highest BCUT2D eigenvalue weighted by atomic mass is 32.2. The van der Waals surface area contributed by atoms with Gasteiger partial charge in [-0.25, -0.2) is 13.2 Å². The summed E-state index contributed by atoms with van der Waals surface area (Å²) < 4.78 is 37.5. The first-order valence-corrected chi connectivity index (χ1v) is 14.3. The smallest absolute Gasteiger partial charge is 0.338 e. The number of anilines is 2. The summed E-state index contributed by atoms with van der Waals surface area (Å²) in [6.45, 7) is 1.82. The van der Waals surface area contributed by atoms with Crippen LogP contribution in [-0.2, 0) is 14.8 Å². The van der Waals surface area contributed by atoms with Crippen LogP contribution in [0.4, 0.5) is 11.4 Å². The molecule has 1 saturated heterocycles. The zero-order valence-corrected chi connectivity index (χ0v) is 23.0. The molecule has 0 unspecified atom stereocenters. The number of hydrogen-bond donors (Lipinski definition) is 2. The van der Waals surface area contributed by atoms with Crippen LogP contribution in [0.1, 0.15) is 39.5 Å². The van der Waals surface area contributed by atoms with Crippen LogP contribution in [0.25, 0.3) is 11.3 Å². The van der Waals surface area contributed by atoms with Gasteiger partial charge in [0.1, 0.15) is 17.6 Å². The average molecular weight is 563 g/mol. The lowest BCUT2D eigenvalue weighted by atomic mass is 10.0. The number of furan rings is 1. The zero-order valence-electron chi connectivity index (χ0n) is 21.4. The van der Waals surface area contributed by atoms with Crippen LogP contribution in [0.15, 0.2) is 83.4 Å². The Hall–Kier alpha value is -4.22. The van der Waals surface area contributed by atoms with Gasteiger partial charge in [-0.05, 0) is 73.2 Å². The zero-order chi connectivity index (χ0) is 27.7. The summed E-state index contributed by atoms with van der Waals surface area (Å²) >= 11 is 5.78. The van der Waals surface area contributed by atoms with E-state index in [4.69, 9.17) is 21.4 Å². The number of hydrogen-bond acceptors (Lipinski definition) is 7. The number of ether oxygens (including phenoxy) is 1. The van der Waals surface area contributed by atoms with Gasteiger partial charge in [0.25, 0.3) is 0 Å². The van der Waals surface area contributed by atoms with Gasteiger partial charge in [0.2, 0.25) is 10.0 Å². The molecule has 1 aliphatic heterocycles. The molecule has 2 atom stereocenters. The molecule has 0 amide bonds. The molecule has 3 heterocycles. The van der Waals surface area contributed by atoms with E-state index in [1.807, 2.05) is 54.3 Å². The van der Waals surface area contributed by atoms with Crippen LogP contribution < -0.4 is 14.9 Å². The number of carbonyl (C=O) groups excluding carboxylic acids is 1. The highest BCUT2D eigenvalue weighted by Crippen LogP contribution is 2.43. The Morgan fingerprint density at radius 3 is 2.56 bits per heavy atom. The third-order valence-corrected chi connectivity index (χ3v) is 7.30. The summed E-state index contributed by atoms with van der Waals surface area (Å²) in [6, 6.07) is 21.0. The van der Waals surface area contributed by atoms with Crippen molar-refractivity contribution in [1.29, 1.82) is 0 Å². The van der Waals surface area contributed by atoms with Gasteiger partial charge in [-0.1, -0.05) is 24.3 Å². The Morgan fingerprint density at radius 2 is 1.87 bits per heavy atom. The normalized spacial score (nSPS) is 17.1. The molecule has 2 N–H and O–H groups in total. The second-order valence-electron chi connectivity index (χ2n) is 9.11. The summed E-state index contributed by atoms with van der Waals surface area (Å²) in [5.41, 5.74) is 3.73. The highest BCUT2D eigenvalue weighted by molar-refractivity contribution is 7.92. The largest absolute Gasteiger partial charge is 0.465 e. The first kappa shape index (κ1) is 26.4. The van der Waals surface area contributed by atoms with E-state index in [2.05, 4.69) is 15.0 Å². The van der Waals surface area contributed by atoms with Gasteiger partial charge in [-0.15, -0.1) is 0 Å². The quantitative estimate of drug-likeness (QED) is 0.238. The molecule has 5 rings (SSSR count). The van der Waals surface area contributed by atoms with Crippen molar-refractivity contribution < 1.29 is 22.4 Å². The third-order valence-electron chi connectivity index (χ3n) is 6.40. The maximum Gasteiger partial charge on any atom is 0.338 e. The maximum absolute atomic E-state index is 12.4. The lowest BCUT2D eigenvalue weighted by Crippen LogP contribution is -2.29. The van der Waals surface area contributed by atoms with Crippen molar-refractivity contribution >= 4 is 44.7 Å². The summed E-state index contributed by atoms with van der Waals surface area (Å²) in [7, 11) is -2.09. The van der Waals surface area contributed by atoms with Crippen LogP contribution in [0.5, 0.6) is 0 Å². The number of carbonyl (C=O) groups is 1. The minimum Gasteiger partial charge on any atom is -0.465 e. The molecule has 2 aromatic heterocycles. The van der Waals surface area contributed by atoms with Gasteiger partial charge in [-0.2, -0.15) is 0 Å². The molecule has 2 aromatic carbocycles. The Morgan fingerprint density at radius 1 is 1.10 bits per heavy atom. The number of sulfonamides is 1. The molecule has 0 aliphatic carbocycles. The minimum absolute atomic E-state index is 0.345. The fraction of sp³-hybridized carbons (Fsp3) is 0.179. The predicted molar refractivity (Wildman–Crippen MR) is 153 cm³/mol. The topological polar surface area (TPSA) is 114 Å². The van der Waals surface area contributed by atoms with Crippen molar-refractivity contribution in [2.24, 2.45) is 0 Å². The maximum atomic E-state index is 12.4. The number of rotatable bonds is 7. The van der Waals surface area contributed by atoms with Gasteiger partial charge in [0.05, 0.1) is 36.4 Å². The van der Waals surface area contributed by atoms with Gasteiger partial charge in [0, 0.05) is 17.4 Å². The van der Waals surface area contributed by atoms with Crippen molar-refractivity contribution in [3.05, 3.63) is 102 Å². The Bertz CT molecular complexity index is 1650. The molecule has 9 nitrogen and oxygen atoms in total. The van der Waals surface area contributed by atoms with E-state index in [1.54, 1.807) is 36.5 Å². The second-order valence-corrected chi connectivity index (χ2v) is 11.2. The Balaban J connectivity index is 1.59. The monoisotopic (exact) mass is 562 g/mol. The van der Waals surface area contributed by atoms with Crippen molar-refractivity contribution in [3.8, 4) is 11.3 Å². The average Bonchev–Trinajstić information content (AvgIpc) is 3.54. The van der Waals surface area contributed by atoms with Crippen molar-refractivity contribution in [2.45, 2.75) is 19.0 Å². The second kappa shape index (κ2) is 10.5. The fourth-order valence-corrected chi connectivity index (χ4v) is 5.65. The number of esters is 1. The van der Waals surface area contributed by atoms with E-state index in [1.165, 1.54) is 7.11 Å². The summed E-state index contributed by atoms with van der Waals surface area (Å²) in [5.74, 6) is 0.648. The Labute approximate surface area is 231 Å². The fourth-order valence-electron chi connectivity index (χ4n) is 4.68. The molecule has 0 saturated carbocycles. The molecule has 0 bridgehead atoms. The number of methoxy groups -OCH3 is 1. The van der Waals surface area contributed by atoms with Crippen molar-refractivity contribution in [3.63, 3.8) is 0 Å². The van der Waals surface area contributed by atoms with Gasteiger partial charge >= 0.3 is 5.97 Å². The van der Waals surface area contributed by atoms with Gasteiger partial charge in [0.15, 0.2) is 5.11 Å². The molecule has 11 heteroatoms. The van der Waals surface area contributed by atoms with Crippen LogP contribution in [0.2, 0.25) is 0 Å². The number of pyridine rings is 1. The molecule has 4 aromatic rings. The number of benzene rings is 2. The number of aromatic nitrogens is 1. The molecule has 0 spiro atoms. The van der Waals surface area contributed by atoms with E-state index in [0.29, 0.717) is 33.4 Å². The third kappa shape index (κ3) is 5.36. The van der Waals surface area contributed by atoms with Gasteiger partial charge in [-0.3, -0.25) is 9.71 Å². The summed E-state index contributed by atoms with van der Waals surface area (Å²) in [6.07, 6.45) is 2.83. The first-order valence-electron chi connectivity index (χ1n) is 12.0. The van der Waals surface area contributed by atoms with E-state index in [-0.39, 0.29) is 6.04 Å². The number of nitrogens with one attached hydrogen (secondary N) is 2.